The van der Waals surface area contributed by atoms with Gasteiger partial charge in [0.2, 0.25) is 5.82 Å². The number of halogens is 2. The standard InChI is InChI=1S/C28H30F2O2/c1-3-31-26-17-16-25(27(29)28(26)30)23-10-6-20(7-11-23)18-32-24-14-12-22(13-15-24)21-8-4-19(2)5-9-21/h6-7,10-17,19,21H,3-5,8-9,18H2,1-2H3. The molecule has 0 radical (unpaired) electrons. The molecule has 4 heteroatoms. The van der Waals surface area contributed by atoms with Gasteiger partial charge >= 0.3 is 0 Å². The molecule has 0 amide bonds. The molecule has 0 heterocycles. The molecule has 0 bridgehead atoms. The van der Waals surface area contributed by atoms with Crippen LogP contribution in [0, 0.1) is 17.6 Å². The van der Waals surface area contributed by atoms with Gasteiger partial charge in [0, 0.05) is 5.56 Å². The van der Waals surface area contributed by atoms with E-state index in [9.17, 15) is 8.78 Å². The first kappa shape index (κ1) is 22.3. The summed E-state index contributed by atoms with van der Waals surface area (Å²) in [5.74, 6) is 0.436. The predicted molar refractivity (Wildman–Crippen MR) is 124 cm³/mol. The second-order valence-corrected chi connectivity index (χ2v) is 8.68. The third-order valence-corrected chi connectivity index (χ3v) is 6.38. The lowest BCUT2D eigenvalue weighted by Crippen LogP contribution is -2.10. The van der Waals surface area contributed by atoms with Crippen molar-refractivity contribution in [1.29, 1.82) is 0 Å². The average molecular weight is 437 g/mol. The zero-order valence-electron chi connectivity index (χ0n) is 18.7. The molecule has 0 aromatic heterocycles. The van der Waals surface area contributed by atoms with E-state index in [4.69, 9.17) is 9.47 Å². The maximum absolute atomic E-state index is 14.4. The first-order valence-corrected chi connectivity index (χ1v) is 11.5. The molecule has 168 valence electrons. The van der Waals surface area contributed by atoms with E-state index >= 15 is 0 Å². The maximum Gasteiger partial charge on any atom is 0.201 e. The van der Waals surface area contributed by atoms with Crippen molar-refractivity contribution in [3.63, 3.8) is 0 Å². The third kappa shape index (κ3) is 5.12. The highest BCUT2D eigenvalue weighted by atomic mass is 19.2. The van der Waals surface area contributed by atoms with E-state index in [-0.39, 0.29) is 17.9 Å². The van der Waals surface area contributed by atoms with E-state index in [0.29, 0.717) is 18.1 Å². The van der Waals surface area contributed by atoms with Crippen LogP contribution in [0.2, 0.25) is 0 Å². The first-order valence-electron chi connectivity index (χ1n) is 11.5. The molecular formula is C28H30F2O2. The van der Waals surface area contributed by atoms with Gasteiger partial charge in [-0.3, -0.25) is 0 Å². The fraction of sp³-hybridized carbons (Fsp3) is 0.357. The number of hydrogen-bond donors (Lipinski definition) is 0. The fourth-order valence-electron chi connectivity index (χ4n) is 4.40. The largest absolute Gasteiger partial charge is 0.491 e. The fourth-order valence-corrected chi connectivity index (χ4v) is 4.40. The Bertz CT molecular complexity index is 1020. The van der Waals surface area contributed by atoms with Crippen LogP contribution in [-0.4, -0.2) is 6.61 Å². The van der Waals surface area contributed by atoms with Gasteiger partial charge in [0.25, 0.3) is 0 Å². The van der Waals surface area contributed by atoms with E-state index in [1.54, 1.807) is 25.1 Å². The molecule has 0 aliphatic heterocycles. The molecule has 1 fully saturated rings. The van der Waals surface area contributed by atoms with Crippen LogP contribution in [-0.2, 0) is 6.61 Å². The first-order chi connectivity index (χ1) is 15.5. The molecule has 32 heavy (non-hydrogen) atoms. The Morgan fingerprint density at radius 1 is 0.781 bits per heavy atom. The highest BCUT2D eigenvalue weighted by Crippen LogP contribution is 2.36. The van der Waals surface area contributed by atoms with Crippen LogP contribution < -0.4 is 9.47 Å². The molecule has 0 spiro atoms. The van der Waals surface area contributed by atoms with E-state index in [0.717, 1.165) is 17.2 Å². The number of hydrogen-bond acceptors (Lipinski definition) is 2. The van der Waals surface area contributed by atoms with Crippen molar-refractivity contribution in [3.05, 3.63) is 83.4 Å². The maximum atomic E-state index is 14.4. The van der Waals surface area contributed by atoms with Crippen LogP contribution in [0.15, 0.2) is 60.7 Å². The van der Waals surface area contributed by atoms with Crippen molar-refractivity contribution in [1.82, 2.24) is 0 Å². The molecule has 0 saturated heterocycles. The van der Waals surface area contributed by atoms with Crippen molar-refractivity contribution in [3.8, 4) is 22.6 Å². The van der Waals surface area contributed by atoms with Gasteiger partial charge in [-0.05, 0) is 72.6 Å². The Kier molecular flexibility index (Phi) is 7.09. The van der Waals surface area contributed by atoms with Crippen molar-refractivity contribution in [2.45, 2.75) is 52.1 Å². The Morgan fingerprint density at radius 3 is 2.12 bits per heavy atom. The summed E-state index contributed by atoms with van der Waals surface area (Å²) in [4.78, 5) is 0. The van der Waals surface area contributed by atoms with Crippen molar-refractivity contribution < 1.29 is 18.3 Å². The molecular weight excluding hydrogens is 406 g/mol. The monoisotopic (exact) mass is 436 g/mol. The summed E-state index contributed by atoms with van der Waals surface area (Å²) in [5, 5.41) is 0. The van der Waals surface area contributed by atoms with Gasteiger partial charge in [-0.2, -0.15) is 4.39 Å². The van der Waals surface area contributed by atoms with Crippen LogP contribution in [0.3, 0.4) is 0 Å². The van der Waals surface area contributed by atoms with Crippen LogP contribution in [0.25, 0.3) is 11.1 Å². The Morgan fingerprint density at radius 2 is 1.47 bits per heavy atom. The smallest absolute Gasteiger partial charge is 0.201 e. The molecule has 0 atom stereocenters. The lowest BCUT2D eigenvalue weighted by molar-refractivity contribution is 0.305. The van der Waals surface area contributed by atoms with Gasteiger partial charge in [-0.1, -0.05) is 56.2 Å². The molecule has 1 saturated carbocycles. The normalized spacial score (nSPS) is 18.4. The molecule has 1 aliphatic rings. The van der Waals surface area contributed by atoms with Gasteiger partial charge in [-0.15, -0.1) is 0 Å². The lowest BCUT2D eigenvalue weighted by atomic mass is 9.79. The molecule has 4 rings (SSSR count). The topological polar surface area (TPSA) is 18.5 Å². The molecule has 0 N–H and O–H groups in total. The van der Waals surface area contributed by atoms with Crippen molar-refractivity contribution in [2.75, 3.05) is 6.61 Å². The van der Waals surface area contributed by atoms with Crippen molar-refractivity contribution in [2.24, 2.45) is 5.92 Å². The summed E-state index contributed by atoms with van der Waals surface area (Å²) in [7, 11) is 0. The minimum atomic E-state index is -0.956. The summed E-state index contributed by atoms with van der Waals surface area (Å²) < 4.78 is 39.7. The minimum absolute atomic E-state index is 0.0668. The van der Waals surface area contributed by atoms with Gasteiger partial charge in [0.05, 0.1) is 6.61 Å². The van der Waals surface area contributed by atoms with Gasteiger partial charge in [0.1, 0.15) is 12.4 Å². The van der Waals surface area contributed by atoms with Crippen LogP contribution in [0.4, 0.5) is 8.78 Å². The molecule has 2 nitrogen and oxygen atoms in total. The quantitative estimate of drug-likeness (QED) is 0.375. The summed E-state index contributed by atoms with van der Waals surface area (Å²) in [6.07, 6.45) is 5.16. The van der Waals surface area contributed by atoms with Gasteiger partial charge < -0.3 is 9.47 Å². The number of ether oxygens (including phenoxy) is 2. The van der Waals surface area contributed by atoms with Crippen LogP contribution in [0.1, 0.15) is 56.6 Å². The predicted octanol–water partition coefficient (Wildman–Crippen LogP) is 7.90. The zero-order chi connectivity index (χ0) is 22.5. The van der Waals surface area contributed by atoms with Gasteiger partial charge in [-0.25, -0.2) is 4.39 Å². The highest BCUT2D eigenvalue weighted by Gasteiger charge is 2.19. The Hall–Kier alpha value is -2.88. The number of rotatable bonds is 7. The van der Waals surface area contributed by atoms with Crippen LogP contribution in [0.5, 0.6) is 11.5 Å². The van der Waals surface area contributed by atoms with Crippen molar-refractivity contribution >= 4 is 0 Å². The average Bonchev–Trinajstić information content (AvgIpc) is 2.82. The summed E-state index contributed by atoms with van der Waals surface area (Å²) in [5.41, 5.74) is 3.19. The van der Waals surface area contributed by atoms with E-state index in [2.05, 4.69) is 19.1 Å². The second-order valence-electron chi connectivity index (χ2n) is 8.68. The Labute approximate surface area is 189 Å². The molecule has 1 aliphatic carbocycles. The highest BCUT2D eigenvalue weighted by molar-refractivity contribution is 5.65. The SMILES string of the molecule is CCOc1ccc(-c2ccc(COc3ccc(C4CCC(C)CC4)cc3)cc2)c(F)c1F. The lowest BCUT2D eigenvalue weighted by Gasteiger charge is -2.26. The minimum Gasteiger partial charge on any atom is -0.491 e. The summed E-state index contributed by atoms with van der Waals surface area (Å²) >= 11 is 0. The molecule has 0 unspecified atom stereocenters. The van der Waals surface area contributed by atoms with Gasteiger partial charge in [0.15, 0.2) is 11.6 Å². The van der Waals surface area contributed by atoms with E-state index in [1.807, 2.05) is 24.3 Å². The summed E-state index contributed by atoms with van der Waals surface area (Å²) in [6.45, 7) is 4.78. The van der Waals surface area contributed by atoms with Crippen LogP contribution >= 0.6 is 0 Å². The zero-order valence-corrected chi connectivity index (χ0v) is 18.7. The van der Waals surface area contributed by atoms with E-state index < -0.39 is 11.6 Å². The third-order valence-electron chi connectivity index (χ3n) is 6.38. The summed E-state index contributed by atoms with van der Waals surface area (Å²) in [6, 6.07) is 18.8. The molecule has 3 aromatic carbocycles. The Balaban J connectivity index is 1.37. The number of benzene rings is 3. The van der Waals surface area contributed by atoms with E-state index in [1.165, 1.54) is 37.3 Å². The molecule has 3 aromatic rings. The second kappa shape index (κ2) is 10.2.